The third-order valence-corrected chi connectivity index (χ3v) is 3.18. The minimum Gasteiger partial charge on any atom is -0.398 e. The first kappa shape index (κ1) is 13.6. The molecule has 94 valence electrons. The number of carbonyl (C=O) groups is 1. The van der Waals surface area contributed by atoms with E-state index in [1.165, 1.54) is 0 Å². The second-order valence-corrected chi connectivity index (χ2v) is 4.75. The van der Waals surface area contributed by atoms with Crippen LogP contribution in [0, 0.1) is 12.8 Å². The lowest BCUT2D eigenvalue weighted by atomic mass is 10.0. The van der Waals surface area contributed by atoms with E-state index in [-0.39, 0.29) is 11.9 Å². The number of benzene rings is 1. The molecule has 3 heteroatoms. The van der Waals surface area contributed by atoms with Crippen LogP contribution in [0.15, 0.2) is 18.2 Å². The van der Waals surface area contributed by atoms with Crippen LogP contribution in [0.4, 0.5) is 5.69 Å². The molecule has 1 unspecified atom stereocenters. The SMILES string of the molecule is CCC(NC(=O)c1cccc(N)c1C)C(C)C. The van der Waals surface area contributed by atoms with Crippen LogP contribution in [0.1, 0.15) is 43.1 Å². The third kappa shape index (κ3) is 3.22. The summed E-state index contributed by atoms with van der Waals surface area (Å²) >= 11 is 0. The predicted molar refractivity (Wildman–Crippen MR) is 72.0 cm³/mol. The number of rotatable bonds is 4. The zero-order chi connectivity index (χ0) is 13.0. The van der Waals surface area contributed by atoms with Crippen molar-refractivity contribution in [1.29, 1.82) is 0 Å². The molecule has 0 heterocycles. The van der Waals surface area contributed by atoms with E-state index in [9.17, 15) is 4.79 Å². The number of hydrogen-bond acceptors (Lipinski definition) is 2. The lowest BCUT2D eigenvalue weighted by Crippen LogP contribution is -2.38. The highest BCUT2D eigenvalue weighted by Gasteiger charge is 2.16. The Morgan fingerprint density at radius 2 is 2.06 bits per heavy atom. The van der Waals surface area contributed by atoms with Gasteiger partial charge in [0, 0.05) is 17.3 Å². The van der Waals surface area contributed by atoms with Crippen molar-refractivity contribution in [3.05, 3.63) is 29.3 Å². The normalized spacial score (nSPS) is 12.5. The van der Waals surface area contributed by atoms with Gasteiger partial charge in [-0.3, -0.25) is 4.79 Å². The Hall–Kier alpha value is -1.51. The second kappa shape index (κ2) is 5.71. The van der Waals surface area contributed by atoms with Gasteiger partial charge in [-0.1, -0.05) is 26.8 Å². The average molecular weight is 234 g/mol. The largest absolute Gasteiger partial charge is 0.398 e. The van der Waals surface area contributed by atoms with E-state index < -0.39 is 0 Å². The van der Waals surface area contributed by atoms with E-state index in [0.717, 1.165) is 12.0 Å². The smallest absolute Gasteiger partial charge is 0.251 e. The Labute approximate surface area is 103 Å². The van der Waals surface area contributed by atoms with Crippen LogP contribution in [0.3, 0.4) is 0 Å². The van der Waals surface area contributed by atoms with Crippen LogP contribution in [0.25, 0.3) is 0 Å². The third-order valence-electron chi connectivity index (χ3n) is 3.18. The predicted octanol–water partition coefficient (Wildman–Crippen LogP) is 2.74. The zero-order valence-electron chi connectivity index (χ0n) is 11.1. The summed E-state index contributed by atoms with van der Waals surface area (Å²) in [5.74, 6) is 0.403. The molecule has 0 radical (unpaired) electrons. The number of carbonyl (C=O) groups excluding carboxylic acids is 1. The van der Waals surface area contributed by atoms with E-state index in [1.807, 2.05) is 25.1 Å². The summed E-state index contributed by atoms with van der Waals surface area (Å²) in [7, 11) is 0. The summed E-state index contributed by atoms with van der Waals surface area (Å²) in [6.45, 7) is 8.18. The molecular formula is C14H22N2O. The number of amides is 1. The molecule has 1 atom stereocenters. The molecule has 0 aliphatic heterocycles. The minimum atomic E-state index is -0.0321. The van der Waals surface area contributed by atoms with E-state index in [0.29, 0.717) is 17.2 Å². The molecule has 0 aromatic heterocycles. The fourth-order valence-corrected chi connectivity index (χ4v) is 1.89. The van der Waals surface area contributed by atoms with Gasteiger partial charge in [0.25, 0.3) is 5.91 Å². The highest BCUT2D eigenvalue weighted by atomic mass is 16.1. The topological polar surface area (TPSA) is 55.1 Å². The molecule has 0 bridgehead atoms. The van der Waals surface area contributed by atoms with Crippen molar-refractivity contribution in [2.24, 2.45) is 5.92 Å². The maximum absolute atomic E-state index is 12.1. The molecule has 3 nitrogen and oxygen atoms in total. The van der Waals surface area contributed by atoms with Crippen LogP contribution in [0.5, 0.6) is 0 Å². The maximum atomic E-state index is 12.1. The molecule has 1 aromatic rings. The van der Waals surface area contributed by atoms with E-state index in [1.54, 1.807) is 0 Å². The Balaban J connectivity index is 2.86. The lowest BCUT2D eigenvalue weighted by Gasteiger charge is -2.21. The first-order valence-electron chi connectivity index (χ1n) is 6.13. The van der Waals surface area contributed by atoms with Gasteiger partial charge in [-0.2, -0.15) is 0 Å². The fourth-order valence-electron chi connectivity index (χ4n) is 1.89. The zero-order valence-corrected chi connectivity index (χ0v) is 11.1. The van der Waals surface area contributed by atoms with Crippen molar-refractivity contribution in [1.82, 2.24) is 5.32 Å². The molecule has 1 aromatic carbocycles. The number of hydrogen-bond donors (Lipinski definition) is 2. The number of nitrogens with two attached hydrogens (primary N) is 1. The molecular weight excluding hydrogens is 212 g/mol. The Morgan fingerprint density at radius 1 is 1.41 bits per heavy atom. The van der Waals surface area contributed by atoms with Gasteiger partial charge < -0.3 is 11.1 Å². The highest BCUT2D eigenvalue weighted by Crippen LogP contribution is 2.16. The lowest BCUT2D eigenvalue weighted by molar-refractivity contribution is 0.0924. The summed E-state index contributed by atoms with van der Waals surface area (Å²) in [6.07, 6.45) is 0.935. The second-order valence-electron chi connectivity index (χ2n) is 4.75. The van der Waals surface area contributed by atoms with Crippen molar-refractivity contribution < 1.29 is 4.79 Å². The molecule has 0 fully saturated rings. The van der Waals surface area contributed by atoms with Crippen molar-refractivity contribution in [3.8, 4) is 0 Å². The van der Waals surface area contributed by atoms with E-state index >= 15 is 0 Å². The van der Waals surface area contributed by atoms with Crippen molar-refractivity contribution in [2.45, 2.75) is 40.2 Å². The van der Waals surface area contributed by atoms with Crippen molar-refractivity contribution in [2.75, 3.05) is 5.73 Å². The quantitative estimate of drug-likeness (QED) is 0.787. The van der Waals surface area contributed by atoms with Crippen LogP contribution in [-0.4, -0.2) is 11.9 Å². The monoisotopic (exact) mass is 234 g/mol. The van der Waals surface area contributed by atoms with Gasteiger partial charge in [0.05, 0.1) is 0 Å². The van der Waals surface area contributed by atoms with Crippen LogP contribution in [0.2, 0.25) is 0 Å². The van der Waals surface area contributed by atoms with Gasteiger partial charge >= 0.3 is 0 Å². The summed E-state index contributed by atoms with van der Waals surface area (Å²) < 4.78 is 0. The first-order valence-corrected chi connectivity index (χ1v) is 6.13. The van der Waals surface area contributed by atoms with Gasteiger partial charge in [0.15, 0.2) is 0 Å². The van der Waals surface area contributed by atoms with Gasteiger partial charge in [-0.05, 0) is 37.0 Å². The van der Waals surface area contributed by atoms with Crippen molar-refractivity contribution in [3.63, 3.8) is 0 Å². The summed E-state index contributed by atoms with van der Waals surface area (Å²) in [5, 5.41) is 3.06. The molecule has 17 heavy (non-hydrogen) atoms. The average Bonchev–Trinajstić information content (AvgIpc) is 2.28. The fraction of sp³-hybridized carbons (Fsp3) is 0.500. The highest BCUT2D eigenvalue weighted by molar-refractivity contribution is 5.97. The summed E-state index contributed by atoms with van der Waals surface area (Å²) in [6, 6.07) is 5.65. The van der Waals surface area contributed by atoms with Crippen molar-refractivity contribution >= 4 is 11.6 Å². The van der Waals surface area contributed by atoms with Gasteiger partial charge in [-0.15, -0.1) is 0 Å². The van der Waals surface area contributed by atoms with E-state index in [4.69, 9.17) is 5.73 Å². The summed E-state index contributed by atoms with van der Waals surface area (Å²) in [4.78, 5) is 12.1. The maximum Gasteiger partial charge on any atom is 0.251 e. The Bertz CT molecular complexity index is 399. The Kier molecular flexibility index (Phi) is 4.55. The molecule has 3 N–H and O–H groups in total. The first-order chi connectivity index (χ1) is 7.97. The molecule has 0 saturated carbocycles. The standard InChI is InChI=1S/C14H22N2O/c1-5-13(9(2)3)16-14(17)11-7-6-8-12(15)10(11)4/h6-9,13H,5,15H2,1-4H3,(H,16,17). The molecule has 1 amide bonds. The molecule has 0 aliphatic carbocycles. The number of nitrogens with one attached hydrogen (secondary N) is 1. The molecule has 0 spiro atoms. The van der Waals surface area contributed by atoms with Crippen LogP contribution in [-0.2, 0) is 0 Å². The van der Waals surface area contributed by atoms with E-state index in [2.05, 4.69) is 26.1 Å². The molecule has 1 rings (SSSR count). The van der Waals surface area contributed by atoms with Gasteiger partial charge in [-0.25, -0.2) is 0 Å². The molecule has 0 saturated heterocycles. The van der Waals surface area contributed by atoms with Crippen LogP contribution >= 0.6 is 0 Å². The minimum absolute atomic E-state index is 0.0321. The Morgan fingerprint density at radius 3 is 2.59 bits per heavy atom. The number of nitrogen functional groups attached to an aromatic ring is 1. The number of anilines is 1. The molecule has 0 aliphatic rings. The summed E-state index contributed by atoms with van der Waals surface area (Å²) in [5.41, 5.74) is 7.98. The van der Waals surface area contributed by atoms with Gasteiger partial charge in [0.1, 0.15) is 0 Å². The van der Waals surface area contributed by atoms with Gasteiger partial charge in [0.2, 0.25) is 0 Å². The van der Waals surface area contributed by atoms with Crippen LogP contribution < -0.4 is 11.1 Å².